The number of benzene rings is 2. The molecule has 0 aliphatic carbocycles. The summed E-state index contributed by atoms with van der Waals surface area (Å²) >= 11 is 6.16. The highest BCUT2D eigenvalue weighted by Crippen LogP contribution is 2.39. The lowest BCUT2D eigenvalue weighted by Crippen LogP contribution is -2.11. The van der Waals surface area contributed by atoms with Gasteiger partial charge in [0.25, 0.3) is 0 Å². The van der Waals surface area contributed by atoms with E-state index in [2.05, 4.69) is 10.2 Å². The average molecular weight is 448 g/mol. The Bertz CT molecular complexity index is 1460. The van der Waals surface area contributed by atoms with Gasteiger partial charge in [-0.1, -0.05) is 35.9 Å². The third kappa shape index (κ3) is 3.20. The summed E-state index contributed by atoms with van der Waals surface area (Å²) < 4.78 is 40.5. The quantitative estimate of drug-likeness (QED) is 0.510. The van der Waals surface area contributed by atoms with Crippen LogP contribution in [0.15, 0.2) is 41.3 Å². The second-order valence-corrected chi connectivity index (χ2v) is 9.27. The first-order valence-electron chi connectivity index (χ1n) is 8.75. The van der Waals surface area contributed by atoms with Crippen molar-refractivity contribution < 1.29 is 22.7 Å². The molecule has 154 valence electrons. The smallest absolute Gasteiger partial charge is 0.323 e. The summed E-state index contributed by atoms with van der Waals surface area (Å²) in [5, 5.41) is 19.1. The van der Waals surface area contributed by atoms with Crippen molar-refractivity contribution in [2.24, 2.45) is 0 Å². The summed E-state index contributed by atoms with van der Waals surface area (Å²) in [5.41, 5.74) is 1.15. The summed E-state index contributed by atoms with van der Waals surface area (Å²) in [7, 11) is -3.71. The highest BCUT2D eigenvalue weighted by Gasteiger charge is 2.25. The van der Waals surface area contributed by atoms with Gasteiger partial charge in [-0.25, -0.2) is 12.8 Å². The molecule has 0 amide bonds. The first-order valence-corrected chi connectivity index (χ1v) is 11.0. The van der Waals surface area contributed by atoms with E-state index in [0.29, 0.717) is 27.7 Å². The molecular weight excluding hydrogens is 433 g/mol. The number of carboxylic acid groups (broad SMARTS) is 1. The number of sulfone groups is 1. The minimum atomic E-state index is -3.71. The van der Waals surface area contributed by atoms with Gasteiger partial charge in [0, 0.05) is 33.7 Å². The zero-order valence-corrected chi connectivity index (χ0v) is 17.4. The second-order valence-electron chi connectivity index (χ2n) is 6.90. The molecule has 4 rings (SSSR count). The Hall–Kier alpha value is -3.04. The number of aromatic nitrogens is 3. The Balaban J connectivity index is 2.20. The summed E-state index contributed by atoms with van der Waals surface area (Å²) in [4.78, 5) is 11.2. The Kier molecular flexibility index (Phi) is 4.74. The summed E-state index contributed by atoms with van der Waals surface area (Å²) in [6.07, 6.45) is 0.978. The van der Waals surface area contributed by atoms with Crippen molar-refractivity contribution in [3.8, 4) is 11.3 Å². The molecule has 30 heavy (non-hydrogen) atoms. The van der Waals surface area contributed by atoms with Crippen LogP contribution in [0.3, 0.4) is 0 Å². The van der Waals surface area contributed by atoms with Crippen LogP contribution in [0, 0.1) is 12.7 Å². The molecule has 0 saturated heterocycles. The van der Waals surface area contributed by atoms with Crippen LogP contribution in [0.5, 0.6) is 0 Å². The Labute approximate surface area is 175 Å². The molecule has 2 aromatic carbocycles. The number of rotatable bonds is 4. The highest BCUT2D eigenvalue weighted by molar-refractivity contribution is 7.90. The summed E-state index contributed by atoms with van der Waals surface area (Å²) in [6.45, 7) is 1.12. The molecule has 2 aromatic heterocycles. The minimum absolute atomic E-state index is 0.0156. The molecule has 0 aliphatic rings. The molecule has 0 unspecified atom stereocenters. The van der Waals surface area contributed by atoms with Gasteiger partial charge >= 0.3 is 5.97 Å². The lowest BCUT2D eigenvalue weighted by Gasteiger charge is -2.08. The van der Waals surface area contributed by atoms with Crippen LogP contribution in [-0.4, -0.2) is 40.5 Å². The van der Waals surface area contributed by atoms with E-state index >= 15 is 4.39 Å². The van der Waals surface area contributed by atoms with Crippen molar-refractivity contribution in [2.75, 3.05) is 6.26 Å². The molecule has 2 heterocycles. The molecule has 7 nitrogen and oxygen atoms in total. The van der Waals surface area contributed by atoms with Crippen LogP contribution in [0.2, 0.25) is 5.15 Å². The molecule has 0 atom stereocenters. The number of hydrogen-bond acceptors (Lipinski definition) is 5. The van der Waals surface area contributed by atoms with Crippen LogP contribution in [0.25, 0.3) is 32.9 Å². The average Bonchev–Trinajstić information content (AvgIpc) is 2.93. The van der Waals surface area contributed by atoms with E-state index in [1.165, 1.54) is 10.6 Å². The summed E-state index contributed by atoms with van der Waals surface area (Å²) in [5.74, 6) is -2.00. The lowest BCUT2D eigenvalue weighted by atomic mass is 10.0. The van der Waals surface area contributed by atoms with Gasteiger partial charge in [-0.3, -0.25) is 4.79 Å². The highest BCUT2D eigenvalue weighted by atomic mass is 35.5. The number of halogens is 2. The van der Waals surface area contributed by atoms with E-state index in [1.54, 1.807) is 31.2 Å². The number of carboxylic acids is 1. The van der Waals surface area contributed by atoms with Gasteiger partial charge in [-0.15, -0.1) is 10.2 Å². The van der Waals surface area contributed by atoms with Gasteiger partial charge in [-0.05, 0) is 19.1 Å². The molecule has 0 bridgehead atoms. The van der Waals surface area contributed by atoms with Crippen LogP contribution in [0.4, 0.5) is 4.39 Å². The maximum atomic E-state index is 15.0. The zero-order chi connectivity index (χ0) is 21.8. The standard InChI is InChI=1S/C20H15ClFN3O4S/c1-10-17(18-12-5-3-4-6-13(12)20(21)24-23-18)14-7-11(30(2,28)29)8-15(22)19(14)25(10)9-16(26)27/h3-8H,9H2,1-2H3,(H,26,27). The number of fused-ring (bicyclic) bond motifs is 2. The van der Waals surface area contributed by atoms with Gasteiger partial charge in [0.1, 0.15) is 18.1 Å². The van der Waals surface area contributed by atoms with Crippen LogP contribution in [0.1, 0.15) is 5.69 Å². The Morgan fingerprint density at radius 2 is 1.83 bits per heavy atom. The SMILES string of the molecule is Cc1c(-c2nnc(Cl)c3ccccc23)c2cc(S(C)(=O)=O)cc(F)c2n1CC(=O)O. The third-order valence-corrected chi connectivity index (χ3v) is 6.31. The number of hydrogen-bond donors (Lipinski definition) is 1. The van der Waals surface area contributed by atoms with E-state index < -0.39 is 28.2 Å². The van der Waals surface area contributed by atoms with Gasteiger partial charge in [0.05, 0.1) is 10.4 Å². The van der Waals surface area contributed by atoms with Crippen LogP contribution in [-0.2, 0) is 21.2 Å². The van der Waals surface area contributed by atoms with Crippen molar-refractivity contribution in [3.63, 3.8) is 0 Å². The second kappa shape index (κ2) is 7.03. The fraction of sp³-hybridized carbons (Fsp3) is 0.150. The van der Waals surface area contributed by atoms with Crippen molar-refractivity contribution in [2.45, 2.75) is 18.4 Å². The van der Waals surface area contributed by atoms with Crippen molar-refractivity contribution >= 4 is 49.1 Å². The van der Waals surface area contributed by atoms with Crippen LogP contribution >= 0.6 is 11.6 Å². The monoisotopic (exact) mass is 447 g/mol. The van der Waals surface area contributed by atoms with Crippen molar-refractivity contribution in [3.05, 3.63) is 53.1 Å². The van der Waals surface area contributed by atoms with Gasteiger partial charge in [-0.2, -0.15) is 0 Å². The van der Waals surface area contributed by atoms with E-state index in [0.717, 1.165) is 12.3 Å². The molecule has 0 saturated carbocycles. The van der Waals surface area contributed by atoms with Crippen LogP contribution < -0.4 is 0 Å². The third-order valence-electron chi connectivity index (χ3n) is 4.94. The minimum Gasteiger partial charge on any atom is -0.480 e. The molecular formula is C20H15ClFN3O4S. The number of aliphatic carboxylic acids is 1. The predicted molar refractivity (Wildman–Crippen MR) is 111 cm³/mol. The Morgan fingerprint density at radius 3 is 2.47 bits per heavy atom. The topological polar surface area (TPSA) is 102 Å². The fourth-order valence-electron chi connectivity index (χ4n) is 3.64. The normalized spacial score (nSPS) is 12.0. The molecule has 0 radical (unpaired) electrons. The van der Waals surface area contributed by atoms with Gasteiger partial charge in [0.15, 0.2) is 15.0 Å². The maximum absolute atomic E-state index is 15.0. The van der Waals surface area contributed by atoms with E-state index in [4.69, 9.17) is 11.6 Å². The van der Waals surface area contributed by atoms with Crippen molar-refractivity contribution in [1.82, 2.24) is 14.8 Å². The van der Waals surface area contributed by atoms with Gasteiger partial charge in [0.2, 0.25) is 0 Å². The Morgan fingerprint density at radius 1 is 1.17 bits per heavy atom. The van der Waals surface area contributed by atoms with E-state index in [-0.39, 0.29) is 21.0 Å². The number of carbonyl (C=O) groups is 1. The first-order chi connectivity index (χ1) is 14.1. The zero-order valence-electron chi connectivity index (χ0n) is 15.8. The van der Waals surface area contributed by atoms with E-state index in [1.807, 2.05) is 0 Å². The molecule has 0 spiro atoms. The maximum Gasteiger partial charge on any atom is 0.323 e. The molecule has 1 N–H and O–H groups in total. The molecule has 10 heteroatoms. The van der Waals surface area contributed by atoms with Gasteiger partial charge < -0.3 is 9.67 Å². The molecule has 0 fully saturated rings. The fourth-order valence-corrected chi connectivity index (χ4v) is 4.49. The first kappa shape index (κ1) is 20.2. The van der Waals surface area contributed by atoms with Crippen molar-refractivity contribution in [1.29, 1.82) is 0 Å². The lowest BCUT2D eigenvalue weighted by molar-refractivity contribution is -0.137. The number of nitrogens with zero attached hydrogens (tertiary/aromatic N) is 3. The summed E-state index contributed by atoms with van der Waals surface area (Å²) in [6, 6.07) is 9.30. The largest absolute Gasteiger partial charge is 0.480 e. The van der Waals surface area contributed by atoms with E-state index in [9.17, 15) is 18.3 Å². The predicted octanol–water partition coefficient (Wildman–Crippen LogP) is 3.84. The molecule has 0 aliphatic heterocycles. The molecule has 4 aromatic rings.